The van der Waals surface area contributed by atoms with E-state index in [1.54, 1.807) is 4.90 Å². The minimum absolute atomic E-state index is 0.0143. The van der Waals surface area contributed by atoms with Crippen LogP contribution in [-0.4, -0.2) is 54.4 Å². The zero-order valence-corrected chi connectivity index (χ0v) is 8.25. The average Bonchev–Trinajstić information content (AvgIpc) is 2.52. The molecule has 1 aliphatic heterocycles. The molecule has 1 rings (SSSR count). The van der Waals surface area contributed by atoms with E-state index in [0.717, 1.165) is 13.1 Å². The summed E-state index contributed by atoms with van der Waals surface area (Å²) in [5.41, 5.74) is 5.25. The fraction of sp³-hybridized carbons (Fsp3) is 0.714. The Labute approximate surface area is 89.2 Å². The van der Waals surface area contributed by atoms with Crippen molar-refractivity contribution in [3.8, 4) is 0 Å². The summed E-state index contributed by atoms with van der Waals surface area (Å²) in [5, 5.41) is 9.81. The number of nitrogens with zero attached hydrogens (tertiary/aromatic N) is 1. The van der Waals surface area contributed by atoms with Gasteiger partial charge in [-0.25, -0.2) is 9.59 Å². The second kappa shape index (κ2) is 6.16. The fourth-order valence-corrected chi connectivity index (χ4v) is 0.880. The van der Waals surface area contributed by atoms with E-state index in [-0.39, 0.29) is 6.03 Å². The molecular formula is C7H12F3N3O3. The zero-order chi connectivity index (χ0) is 12.8. The molecule has 2 amide bonds. The molecule has 0 radical (unpaired) electrons. The maximum atomic E-state index is 10.7. The third kappa shape index (κ3) is 5.39. The molecule has 9 heteroatoms. The molecule has 1 saturated heterocycles. The van der Waals surface area contributed by atoms with Gasteiger partial charge in [-0.2, -0.15) is 13.2 Å². The molecule has 0 unspecified atom stereocenters. The van der Waals surface area contributed by atoms with Crippen LogP contribution in [0, 0.1) is 0 Å². The number of hydrogen-bond donors (Lipinski definition) is 3. The van der Waals surface area contributed by atoms with Gasteiger partial charge in [-0.05, 0) is 0 Å². The SMILES string of the molecule is NCCN1CCNC1=O.O=C(O)C(F)(F)F. The number of nitrogens with two attached hydrogens (primary N) is 1. The van der Waals surface area contributed by atoms with Gasteiger partial charge in [0, 0.05) is 26.2 Å². The topological polar surface area (TPSA) is 95.7 Å². The molecule has 6 nitrogen and oxygen atoms in total. The molecule has 0 atom stereocenters. The Hall–Kier alpha value is -1.51. The van der Waals surface area contributed by atoms with Gasteiger partial charge in [0.1, 0.15) is 0 Å². The highest BCUT2D eigenvalue weighted by molar-refractivity contribution is 5.76. The van der Waals surface area contributed by atoms with Gasteiger partial charge in [0.25, 0.3) is 0 Å². The Balaban J connectivity index is 0.000000293. The maximum Gasteiger partial charge on any atom is 0.490 e. The van der Waals surface area contributed by atoms with E-state index in [2.05, 4.69) is 5.32 Å². The van der Waals surface area contributed by atoms with Crippen LogP contribution < -0.4 is 11.1 Å². The molecule has 0 saturated carbocycles. The Morgan fingerprint density at radius 3 is 2.31 bits per heavy atom. The molecule has 1 heterocycles. The highest BCUT2D eigenvalue weighted by Crippen LogP contribution is 2.13. The minimum Gasteiger partial charge on any atom is -0.475 e. The second-order valence-electron chi connectivity index (χ2n) is 2.81. The normalized spacial score (nSPS) is 15.2. The highest BCUT2D eigenvalue weighted by Gasteiger charge is 2.38. The van der Waals surface area contributed by atoms with Crippen LogP contribution >= 0.6 is 0 Å². The number of carboxylic acid groups (broad SMARTS) is 1. The Kier molecular flexibility index (Phi) is 5.57. The molecule has 1 aliphatic rings. The van der Waals surface area contributed by atoms with E-state index >= 15 is 0 Å². The minimum atomic E-state index is -5.08. The number of carbonyl (C=O) groups excluding carboxylic acids is 1. The molecule has 0 aliphatic carbocycles. The van der Waals surface area contributed by atoms with Crippen LogP contribution in [0.3, 0.4) is 0 Å². The van der Waals surface area contributed by atoms with Gasteiger partial charge in [-0.15, -0.1) is 0 Å². The molecule has 94 valence electrons. The second-order valence-corrected chi connectivity index (χ2v) is 2.81. The lowest BCUT2D eigenvalue weighted by Gasteiger charge is -2.10. The van der Waals surface area contributed by atoms with Gasteiger partial charge in [-0.3, -0.25) is 0 Å². The maximum absolute atomic E-state index is 10.7. The number of urea groups is 1. The van der Waals surface area contributed by atoms with E-state index in [1.165, 1.54) is 0 Å². The summed E-state index contributed by atoms with van der Waals surface area (Å²) in [6, 6.07) is 0.0143. The molecular weight excluding hydrogens is 231 g/mol. The third-order valence-corrected chi connectivity index (χ3v) is 1.59. The lowest BCUT2D eigenvalue weighted by atomic mass is 10.5. The standard InChI is InChI=1S/C5H11N3O.C2HF3O2/c6-1-3-8-4-2-7-5(8)9;3-2(4,5)1(6)7/h1-4,6H2,(H,7,9);(H,6,7). The van der Waals surface area contributed by atoms with Crippen molar-refractivity contribution in [2.24, 2.45) is 5.73 Å². The largest absolute Gasteiger partial charge is 0.490 e. The molecule has 0 spiro atoms. The predicted octanol–water partition coefficient (Wildman–Crippen LogP) is -0.396. The van der Waals surface area contributed by atoms with Crippen molar-refractivity contribution in [1.29, 1.82) is 0 Å². The van der Waals surface area contributed by atoms with E-state index < -0.39 is 12.1 Å². The smallest absolute Gasteiger partial charge is 0.475 e. The Bertz CT molecular complexity index is 257. The summed E-state index contributed by atoms with van der Waals surface area (Å²) >= 11 is 0. The number of aliphatic carboxylic acids is 1. The molecule has 16 heavy (non-hydrogen) atoms. The van der Waals surface area contributed by atoms with Crippen molar-refractivity contribution in [3.05, 3.63) is 0 Å². The van der Waals surface area contributed by atoms with Crippen molar-refractivity contribution >= 4 is 12.0 Å². The first-order valence-electron chi connectivity index (χ1n) is 4.32. The van der Waals surface area contributed by atoms with Crippen molar-refractivity contribution in [2.75, 3.05) is 26.2 Å². The van der Waals surface area contributed by atoms with Crippen LogP contribution in [0.15, 0.2) is 0 Å². The number of rotatable bonds is 2. The van der Waals surface area contributed by atoms with E-state index in [1.807, 2.05) is 0 Å². The molecule has 0 aromatic heterocycles. The average molecular weight is 243 g/mol. The molecule has 0 aromatic carbocycles. The van der Waals surface area contributed by atoms with E-state index in [4.69, 9.17) is 15.6 Å². The van der Waals surface area contributed by atoms with Crippen molar-refractivity contribution < 1.29 is 27.9 Å². The van der Waals surface area contributed by atoms with Crippen LogP contribution in [0.2, 0.25) is 0 Å². The van der Waals surface area contributed by atoms with Gasteiger partial charge in [0.05, 0.1) is 0 Å². The fourth-order valence-electron chi connectivity index (χ4n) is 0.880. The number of halogens is 3. The zero-order valence-electron chi connectivity index (χ0n) is 8.25. The number of hydrogen-bond acceptors (Lipinski definition) is 3. The summed E-state index contributed by atoms with van der Waals surface area (Å²) in [4.78, 5) is 21.3. The van der Waals surface area contributed by atoms with Gasteiger partial charge in [-0.1, -0.05) is 0 Å². The summed E-state index contributed by atoms with van der Waals surface area (Å²) in [5.74, 6) is -2.76. The summed E-state index contributed by atoms with van der Waals surface area (Å²) in [6.07, 6.45) is -5.08. The van der Waals surface area contributed by atoms with Gasteiger partial charge in [0.2, 0.25) is 0 Å². The number of carboxylic acids is 1. The van der Waals surface area contributed by atoms with Crippen LogP contribution in [0.4, 0.5) is 18.0 Å². The van der Waals surface area contributed by atoms with Gasteiger partial charge >= 0.3 is 18.2 Å². The first kappa shape index (κ1) is 14.5. The van der Waals surface area contributed by atoms with Crippen LogP contribution in [-0.2, 0) is 4.79 Å². The van der Waals surface area contributed by atoms with Crippen LogP contribution in [0.25, 0.3) is 0 Å². The molecule has 1 fully saturated rings. The van der Waals surface area contributed by atoms with E-state index in [0.29, 0.717) is 13.1 Å². The molecule has 4 N–H and O–H groups in total. The van der Waals surface area contributed by atoms with Crippen LogP contribution in [0.1, 0.15) is 0 Å². The van der Waals surface area contributed by atoms with Crippen molar-refractivity contribution in [1.82, 2.24) is 10.2 Å². The number of alkyl halides is 3. The number of nitrogens with one attached hydrogen (secondary N) is 1. The Morgan fingerprint density at radius 1 is 1.56 bits per heavy atom. The molecule has 0 bridgehead atoms. The number of carbonyl (C=O) groups is 2. The summed E-state index contributed by atoms with van der Waals surface area (Å²) < 4.78 is 31.7. The van der Waals surface area contributed by atoms with E-state index in [9.17, 15) is 18.0 Å². The monoisotopic (exact) mass is 243 g/mol. The van der Waals surface area contributed by atoms with Gasteiger partial charge < -0.3 is 21.1 Å². The number of amides is 2. The summed E-state index contributed by atoms with van der Waals surface area (Å²) in [7, 11) is 0. The lowest BCUT2D eigenvalue weighted by Crippen LogP contribution is -2.32. The first-order valence-corrected chi connectivity index (χ1v) is 4.32. The van der Waals surface area contributed by atoms with Crippen LogP contribution in [0.5, 0.6) is 0 Å². The van der Waals surface area contributed by atoms with Gasteiger partial charge in [0.15, 0.2) is 0 Å². The third-order valence-electron chi connectivity index (χ3n) is 1.59. The summed E-state index contributed by atoms with van der Waals surface area (Å²) in [6.45, 7) is 2.79. The lowest BCUT2D eigenvalue weighted by molar-refractivity contribution is -0.192. The highest BCUT2D eigenvalue weighted by atomic mass is 19.4. The van der Waals surface area contributed by atoms with Crippen molar-refractivity contribution in [2.45, 2.75) is 6.18 Å². The van der Waals surface area contributed by atoms with Crippen molar-refractivity contribution in [3.63, 3.8) is 0 Å². The Morgan fingerprint density at radius 2 is 2.06 bits per heavy atom. The predicted molar refractivity (Wildman–Crippen MR) is 47.7 cm³/mol. The molecule has 0 aromatic rings. The quantitative estimate of drug-likeness (QED) is 0.615. The first-order chi connectivity index (χ1) is 7.29.